The third-order valence-corrected chi connectivity index (χ3v) is 3.95. The van der Waals surface area contributed by atoms with Crippen LogP contribution in [0.2, 0.25) is 5.02 Å². The van der Waals surface area contributed by atoms with Crippen molar-refractivity contribution in [1.29, 1.82) is 0 Å². The molecule has 2 aromatic carbocycles. The van der Waals surface area contributed by atoms with Gasteiger partial charge in [-0.1, -0.05) is 23.7 Å². The third-order valence-electron chi connectivity index (χ3n) is 3.70. The fourth-order valence-electron chi connectivity index (χ4n) is 2.51. The van der Waals surface area contributed by atoms with Crippen LogP contribution in [0, 0.1) is 6.92 Å². The van der Waals surface area contributed by atoms with Crippen LogP contribution in [0.3, 0.4) is 0 Å². The molecule has 0 aliphatic rings. The highest BCUT2D eigenvalue weighted by Gasteiger charge is 2.04. The summed E-state index contributed by atoms with van der Waals surface area (Å²) in [5.74, 6) is 1.98. The van der Waals surface area contributed by atoms with Gasteiger partial charge in [-0.15, -0.1) is 0 Å². The maximum absolute atomic E-state index is 11.1. The summed E-state index contributed by atoms with van der Waals surface area (Å²) in [4.78, 5) is 19.9. The Bertz CT molecular complexity index is 926. The number of benzene rings is 2. The summed E-state index contributed by atoms with van der Waals surface area (Å²) in [5.41, 5.74) is 2.72. The van der Waals surface area contributed by atoms with Gasteiger partial charge in [0.15, 0.2) is 0 Å². The molecule has 3 rings (SSSR count). The Hall–Kier alpha value is -3.12. The molecule has 27 heavy (non-hydrogen) atoms. The van der Waals surface area contributed by atoms with Crippen molar-refractivity contribution >= 4 is 40.5 Å². The number of aromatic nitrogens is 2. The van der Waals surface area contributed by atoms with E-state index >= 15 is 0 Å². The van der Waals surface area contributed by atoms with Crippen LogP contribution in [-0.4, -0.2) is 15.9 Å². The van der Waals surface area contributed by atoms with Gasteiger partial charge < -0.3 is 16.0 Å². The summed E-state index contributed by atoms with van der Waals surface area (Å²) < 4.78 is 0. The van der Waals surface area contributed by atoms with Crippen LogP contribution in [0.25, 0.3) is 0 Å². The highest BCUT2D eigenvalue weighted by Crippen LogP contribution is 2.20. The average Bonchev–Trinajstić information content (AvgIpc) is 2.62. The standard InChI is InChI=1S/C20H20ClN5O/c1-13-23-19(22-12-15-3-5-16(21)6-4-15)11-20(24-13)26-18-9-7-17(8-10-18)25-14(2)27/h3-11H,12H2,1-2H3,(H,25,27)(H2,22,23,24,26). The molecule has 0 aliphatic carbocycles. The highest BCUT2D eigenvalue weighted by molar-refractivity contribution is 6.30. The zero-order valence-electron chi connectivity index (χ0n) is 15.1. The van der Waals surface area contributed by atoms with Gasteiger partial charge in [0.1, 0.15) is 17.5 Å². The van der Waals surface area contributed by atoms with Gasteiger partial charge in [0.05, 0.1) is 0 Å². The van der Waals surface area contributed by atoms with Crippen molar-refractivity contribution in [2.45, 2.75) is 20.4 Å². The first-order valence-electron chi connectivity index (χ1n) is 8.46. The summed E-state index contributed by atoms with van der Waals surface area (Å²) in [6.45, 7) is 3.96. The van der Waals surface area contributed by atoms with Crippen LogP contribution in [0.4, 0.5) is 23.0 Å². The highest BCUT2D eigenvalue weighted by atomic mass is 35.5. The van der Waals surface area contributed by atoms with Gasteiger partial charge in [-0.2, -0.15) is 0 Å². The number of carbonyl (C=O) groups is 1. The number of nitrogens with zero attached hydrogens (tertiary/aromatic N) is 2. The second kappa shape index (κ2) is 8.51. The van der Waals surface area contributed by atoms with E-state index < -0.39 is 0 Å². The number of aryl methyl sites for hydroxylation is 1. The molecule has 1 aromatic heterocycles. The summed E-state index contributed by atoms with van der Waals surface area (Å²) in [5, 5.41) is 10.0. The fourth-order valence-corrected chi connectivity index (χ4v) is 2.63. The Labute approximate surface area is 163 Å². The predicted octanol–water partition coefficient (Wildman–Crippen LogP) is 4.75. The molecule has 0 radical (unpaired) electrons. The first-order chi connectivity index (χ1) is 13.0. The number of hydrogen-bond donors (Lipinski definition) is 3. The van der Waals surface area contributed by atoms with E-state index in [-0.39, 0.29) is 5.91 Å². The van der Waals surface area contributed by atoms with Crippen LogP contribution in [0.15, 0.2) is 54.6 Å². The Balaban J connectivity index is 1.67. The SMILES string of the molecule is CC(=O)Nc1ccc(Nc2cc(NCc3ccc(Cl)cc3)nc(C)n2)cc1. The average molecular weight is 382 g/mol. The minimum Gasteiger partial charge on any atom is -0.366 e. The molecule has 3 N–H and O–H groups in total. The molecule has 0 aliphatic heterocycles. The van der Waals surface area contributed by atoms with Crippen LogP contribution >= 0.6 is 11.6 Å². The minimum atomic E-state index is -0.0986. The zero-order valence-corrected chi connectivity index (χ0v) is 15.8. The molecular formula is C20H20ClN5O. The van der Waals surface area contributed by atoms with E-state index in [0.717, 1.165) is 22.8 Å². The normalized spacial score (nSPS) is 10.3. The fraction of sp³-hybridized carbons (Fsp3) is 0.150. The van der Waals surface area contributed by atoms with E-state index in [1.807, 2.05) is 61.5 Å². The molecule has 0 saturated carbocycles. The third kappa shape index (κ3) is 5.69. The summed E-state index contributed by atoms with van der Waals surface area (Å²) in [6, 6.07) is 16.9. The molecule has 0 atom stereocenters. The van der Waals surface area contributed by atoms with E-state index in [4.69, 9.17) is 11.6 Å². The van der Waals surface area contributed by atoms with Gasteiger partial charge in [0.25, 0.3) is 0 Å². The number of anilines is 4. The number of amides is 1. The molecule has 0 saturated heterocycles. The van der Waals surface area contributed by atoms with Crippen molar-refractivity contribution in [3.05, 3.63) is 71.0 Å². The Morgan fingerprint density at radius 3 is 2.26 bits per heavy atom. The van der Waals surface area contributed by atoms with Crippen molar-refractivity contribution < 1.29 is 4.79 Å². The Morgan fingerprint density at radius 2 is 1.59 bits per heavy atom. The smallest absolute Gasteiger partial charge is 0.221 e. The summed E-state index contributed by atoms with van der Waals surface area (Å²) >= 11 is 5.91. The topological polar surface area (TPSA) is 78.9 Å². The minimum absolute atomic E-state index is 0.0986. The summed E-state index contributed by atoms with van der Waals surface area (Å²) in [7, 11) is 0. The second-order valence-corrected chi connectivity index (χ2v) is 6.49. The predicted molar refractivity (Wildman–Crippen MR) is 110 cm³/mol. The lowest BCUT2D eigenvalue weighted by Gasteiger charge is -2.11. The zero-order chi connectivity index (χ0) is 19.2. The maximum Gasteiger partial charge on any atom is 0.221 e. The van der Waals surface area contributed by atoms with Gasteiger partial charge in [-0.05, 0) is 48.9 Å². The molecule has 0 unspecified atom stereocenters. The molecule has 0 bridgehead atoms. The molecular weight excluding hydrogens is 362 g/mol. The molecule has 138 valence electrons. The van der Waals surface area contributed by atoms with Crippen LogP contribution in [0.5, 0.6) is 0 Å². The van der Waals surface area contributed by atoms with Gasteiger partial charge >= 0.3 is 0 Å². The van der Waals surface area contributed by atoms with E-state index in [0.29, 0.717) is 23.2 Å². The van der Waals surface area contributed by atoms with Gasteiger partial charge in [0.2, 0.25) is 5.91 Å². The van der Waals surface area contributed by atoms with Crippen molar-refractivity contribution in [3.63, 3.8) is 0 Å². The first-order valence-corrected chi connectivity index (χ1v) is 8.84. The van der Waals surface area contributed by atoms with Crippen LogP contribution < -0.4 is 16.0 Å². The molecule has 6 nitrogen and oxygen atoms in total. The number of rotatable bonds is 6. The second-order valence-electron chi connectivity index (χ2n) is 6.05. The molecule has 7 heteroatoms. The van der Waals surface area contributed by atoms with Gasteiger partial charge in [-0.25, -0.2) is 9.97 Å². The Kier molecular flexibility index (Phi) is 5.88. The molecule has 0 spiro atoms. The van der Waals surface area contributed by atoms with Crippen molar-refractivity contribution in [3.8, 4) is 0 Å². The van der Waals surface area contributed by atoms with E-state index in [9.17, 15) is 4.79 Å². The van der Waals surface area contributed by atoms with Crippen LogP contribution in [-0.2, 0) is 11.3 Å². The maximum atomic E-state index is 11.1. The Morgan fingerprint density at radius 1 is 0.963 bits per heavy atom. The largest absolute Gasteiger partial charge is 0.366 e. The van der Waals surface area contributed by atoms with Gasteiger partial charge in [-0.3, -0.25) is 4.79 Å². The lowest BCUT2D eigenvalue weighted by molar-refractivity contribution is -0.114. The lowest BCUT2D eigenvalue weighted by atomic mass is 10.2. The van der Waals surface area contributed by atoms with Gasteiger partial charge in [0, 0.05) is 35.9 Å². The monoisotopic (exact) mass is 381 g/mol. The van der Waals surface area contributed by atoms with Crippen molar-refractivity contribution in [1.82, 2.24) is 9.97 Å². The van der Waals surface area contributed by atoms with E-state index in [2.05, 4.69) is 25.9 Å². The van der Waals surface area contributed by atoms with Crippen LogP contribution in [0.1, 0.15) is 18.3 Å². The first kappa shape index (κ1) is 18.7. The molecule has 1 heterocycles. The summed E-state index contributed by atoms with van der Waals surface area (Å²) in [6.07, 6.45) is 0. The molecule has 3 aromatic rings. The van der Waals surface area contributed by atoms with Crippen molar-refractivity contribution in [2.75, 3.05) is 16.0 Å². The lowest BCUT2D eigenvalue weighted by Crippen LogP contribution is -2.06. The number of nitrogens with one attached hydrogen (secondary N) is 3. The van der Waals surface area contributed by atoms with E-state index in [1.54, 1.807) is 0 Å². The number of hydrogen-bond acceptors (Lipinski definition) is 5. The van der Waals surface area contributed by atoms with E-state index in [1.165, 1.54) is 6.92 Å². The molecule has 1 amide bonds. The number of halogens is 1. The number of carbonyl (C=O) groups excluding carboxylic acids is 1. The molecule has 0 fully saturated rings. The van der Waals surface area contributed by atoms with Crippen molar-refractivity contribution in [2.24, 2.45) is 0 Å². The quantitative estimate of drug-likeness (QED) is 0.574.